The van der Waals surface area contributed by atoms with Crippen LogP contribution in [0.25, 0.3) is 0 Å². The molecule has 1 heterocycles. The molecule has 0 aromatic carbocycles. The van der Waals surface area contributed by atoms with Crippen LogP contribution in [0, 0.1) is 0 Å². The first-order valence-electron chi connectivity index (χ1n) is 3.14. The maximum atomic E-state index is 11.1. The van der Waals surface area contributed by atoms with Gasteiger partial charge in [-0.05, 0) is 14.1 Å². The van der Waals surface area contributed by atoms with E-state index >= 15 is 0 Å². The summed E-state index contributed by atoms with van der Waals surface area (Å²) in [5, 5.41) is 0. The van der Waals surface area contributed by atoms with E-state index in [9.17, 15) is 8.42 Å². The Labute approximate surface area is 66.1 Å². The highest BCUT2D eigenvalue weighted by molar-refractivity contribution is 8.08. The molecule has 0 unspecified atom stereocenters. The third-order valence-electron chi connectivity index (χ3n) is 1.26. The maximum Gasteiger partial charge on any atom is 0.215 e. The van der Waals surface area contributed by atoms with E-state index in [2.05, 4.69) is 4.99 Å². The first-order chi connectivity index (χ1) is 5.02. The molecule has 5 heteroatoms. The van der Waals surface area contributed by atoms with E-state index < -0.39 is 9.84 Å². The minimum absolute atomic E-state index is 0.363. The van der Waals surface area contributed by atoms with Crippen LogP contribution in [-0.2, 0) is 9.84 Å². The van der Waals surface area contributed by atoms with Gasteiger partial charge in [-0.15, -0.1) is 0 Å². The Hall–Kier alpha value is -0.680. The van der Waals surface area contributed by atoms with Gasteiger partial charge in [0.15, 0.2) is 0 Å². The SMILES string of the molecule is CN(C)CC1=CN=CS1(=O)=O. The van der Waals surface area contributed by atoms with Crippen LogP contribution in [-0.4, -0.2) is 39.5 Å². The van der Waals surface area contributed by atoms with Crippen molar-refractivity contribution in [3.8, 4) is 0 Å². The number of hydrogen-bond acceptors (Lipinski definition) is 4. The van der Waals surface area contributed by atoms with Gasteiger partial charge >= 0.3 is 0 Å². The summed E-state index contributed by atoms with van der Waals surface area (Å²) in [5.41, 5.74) is 0.978. The lowest BCUT2D eigenvalue weighted by molar-refractivity contribution is 0.450. The summed E-state index contributed by atoms with van der Waals surface area (Å²) in [5.74, 6) is 0. The van der Waals surface area contributed by atoms with E-state index in [1.807, 2.05) is 14.1 Å². The highest BCUT2D eigenvalue weighted by Gasteiger charge is 2.19. The first kappa shape index (κ1) is 8.42. The summed E-state index contributed by atoms with van der Waals surface area (Å²) in [6, 6.07) is 0. The molecule has 0 spiro atoms. The fraction of sp³-hybridized carbons (Fsp3) is 0.500. The molecule has 1 aliphatic heterocycles. The largest absolute Gasteiger partial charge is 0.304 e. The van der Waals surface area contributed by atoms with E-state index in [1.165, 1.54) is 6.20 Å². The topological polar surface area (TPSA) is 49.7 Å². The van der Waals surface area contributed by atoms with Crippen LogP contribution in [0.1, 0.15) is 0 Å². The second-order valence-corrected chi connectivity index (χ2v) is 4.46. The van der Waals surface area contributed by atoms with Crippen LogP contribution in [0.15, 0.2) is 16.1 Å². The van der Waals surface area contributed by atoms with E-state index in [0.717, 1.165) is 5.55 Å². The van der Waals surface area contributed by atoms with Gasteiger partial charge in [0.2, 0.25) is 9.84 Å². The summed E-state index contributed by atoms with van der Waals surface area (Å²) in [6.45, 7) is 0.419. The number of sulfone groups is 1. The summed E-state index contributed by atoms with van der Waals surface area (Å²) in [6.07, 6.45) is 1.38. The Bertz CT molecular complexity index is 301. The molecule has 0 amide bonds. The quantitative estimate of drug-likeness (QED) is 0.584. The zero-order valence-electron chi connectivity index (χ0n) is 6.48. The summed E-state index contributed by atoms with van der Waals surface area (Å²) < 4.78 is 22.1. The monoisotopic (exact) mass is 174 g/mol. The minimum atomic E-state index is -3.15. The van der Waals surface area contributed by atoms with Gasteiger partial charge < -0.3 is 4.90 Å². The summed E-state index contributed by atoms with van der Waals surface area (Å²) in [4.78, 5) is 5.72. The van der Waals surface area contributed by atoms with Gasteiger partial charge in [-0.2, -0.15) is 0 Å². The van der Waals surface area contributed by atoms with Crippen LogP contribution in [0.2, 0.25) is 0 Å². The van der Waals surface area contributed by atoms with Crippen LogP contribution in [0.3, 0.4) is 0 Å². The zero-order valence-corrected chi connectivity index (χ0v) is 7.30. The van der Waals surface area contributed by atoms with Crippen molar-refractivity contribution < 1.29 is 8.42 Å². The molecule has 0 N–H and O–H groups in total. The molecular formula is C6H10N2O2S. The van der Waals surface area contributed by atoms with Crippen LogP contribution < -0.4 is 0 Å². The fourth-order valence-corrected chi connectivity index (χ4v) is 1.78. The molecule has 0 saturated carbocycles. The Morgan fingerprint density at radius 3 is 2.55 bits per heavy atom. The first-order valence-corrected chi connectivity index (χ1v) is 4.69. The maximum absolute atomic E-state index is 11.1. The molecule has 0 saturated heterocycles. The molecule has 62 valence electrons. The number of hydrogen-bond donors (Lipinski definition) is 0. The van der Waals surface area contributed by atoms with Crippen LogP contribution in [0.4, 0.5) is 0 Å². The standard InChI is InChI=1S/C6H10N2O2S/c1-8(2)4-6-3-7-5-11(6,9)10/h3,5H,4H2,1-2H3. The van der Waals surface area contributed by atoms with Crippen LogP contribution in [0.5, 0.6) is 0 Å². The van der Waals surface area contributed by atoms with Crippen molar-refractivity contribution in [1.82, 2.24) is 4.90 Å². The van der Waals surface area contributed by atoms with Crippen molar-refractivity contribution in [2.24, 2.45) is 4.99 Å². The molecule has 0 bridgehead atoms. The van der Waals surface area contributed by atoms with Gasteiger partial charge in [0.05, 0.1) is 4.91 Å². The number of aliphatic imine (C=N–C) groups is 1. The highest BCUT2D eigenvalue weighted by Crippen LogP contribution is 2.11. The van der Waals surface area contributed by atoms with E-state index in [0.29, 0.717) is 11.4 Å². The van der Waals surface area contributed by atoms with Gasteiger partial charge in [0.1, 0.15) is 5.55 Å². The van der Waals surface area contributed by atoms with E-state index in [1.54, 1.807) is 4.90 Å². The fourth-order valence-electron chi connectivity index (χ4n) is 0.777. The second-order valence-electron chi connectivity index (χ2n) is 2.63. The molecule has 0 aliphatic carbocycles. The molecule has 0 aromatic heterocycles. The molecule has 0 atom stereocenters. The predicted octanol–water partition coefficient (Wildman–Crippen LogP) is -0.154. The number of likely N-dealkylation sites (N-methyl/N-ethyl adjacent to an activating group) is 1. The lowest BCUT2D eigenvalue weighted by Crippen LogP contribution is -2.18. The third kappa shape index (κ3) is 1.87. The smallest absolute Gasteiger partial charge is 0.215 e. The molecule has 1 aliphatic rings. The van der Waals surface area contributed by atoms with Gasteiger partial charge in [-0.1, -0.05) is 0 Å². The molecular weight excluding hydrogens is 164 g/mol. The average Bonchev–Trinajstić information content (AvgIpc) is 2.10. The lowest BCUT2D eigenvalue weighted by Gasteiger charge is -2.08. The zero-order chi connectivity index (χ0) is 8.48. The van der Waals surface area contributed by atoms with Gasteiger partial charge in [-0.25, -0.2) is 8.42 Å². The minimum Gasteiger partial charge on any atom is -0.304 e. The highest BCUT2D eigenvalue weighted by atomic mass is 32.2. The van der Waals surface area contributed by atoms with Crippen molar-refractivity contribution in [2.75, 3.05) is 20.6 Å². The van der Waals surface area contributed by atoms with Crippen LogP contribution >= 0.6 is 0 Å². The second kappa shape index (κ2) is 2.75. The molecule has 0 fully saturated rings. The third-order valence-corrected chi connectivity index (χ3v) is 2.62. The normalized spacial score (nSPS) is 20.8. The molecule has 0 radical (unpaired) electrons. The van der Waals surface area contributed by atoms with Crippen molar-refractivity contribution in [2.45, 2.75) is 0 Å². The predicted molar refractivity (Wildman–Crippen MR) is 44.0 cm³/mol. The van der Waals surface area contributed by atoms with Gasteiger partial charge in [-0.3, -0.25) is 4.99 Å². The van der Waals surface area contributed by atoms with E-state index in [4.69, 9.17) is 0 Å². The molecule has 4 nitrogen and oxygen atoms in total. The molecule has 11 heavy (non-hydrogen) atoms. The number of nitrogens with zero attached hydrogens (tertiary/aromatic N) is 2. The van der Waals surface area contributed by atoms with Crippen molar-refractivity contribution >= 4 is 15.4 Å². The Balaban J connectivity index is 2.79. The lowest BCUT2D eigenvalue weighted by atomic mass is 10.5. The average molecular weight is 174 g/mol. The Kier molecular flexibility index (Phi) is 2.10. The van der Waals surface area contributed by atoms with Gasteiger partial charge in [0, 0.05) is 12.7 Å². The van der Waals surface area contributed by atoms with Crippen molar-refractivity contribution in [3.05, 3.63) is 11.1 Å². The van der Waals surface area contributed by atoms with Crippen molar-refractivity contribution in [1.29, 1.82) is 0 Å². The summed E-state index contributed by atoms with van der Waals surface area (Å²) in [7, 11) is 0.474. The summed E-state index contributed by atoms with van der Waals surface area (Å²) >= 11 is 0. The number of rotatable bonds is 2. The molecule has 1 rings (SSSR count). The van der Waals surface area contributed by atoms with Crippen molar-refractivity contribution in [3.63, 3.8) is 0 Å². The Morgan fingerprint density at radius 2 is 2.18 bits per heavy atom. The van der Waals surface area contributed by atoms with E-state index in [-0.39, 0.29) is 0 Å². The Morgan fingerprint density at radius 1 is 1.55 bits per heavy atom. The van der Waals surface area contributed by atoms with Gasteiger partial charge in [0.25, 0.3) is 0 Å². The molecule has 0 aromatic rings.